The predicted molar refractivity (Wildman–Crippen MR) is 112 cm³/mol. The Hall–Kier alpha value is -2.74. The third kappa shape index (κ3) is 4.75. The van der Waals surface area contributed by atoms with Gasteiger partial charge in [-0.05, 0) is 45.4 Å². The summed E-state index contributed by atoms with van der Waals surface area (Å²) < 4.78 is 16.3. The van der Waals surface area contributed by atoms with Crippen LogP contribution < -0.4 is 10.6 Å². The molecule has 0 radical (unpaired) electrons. The number of thiazole rings is 1. The molecule has 6 nitrogen and oxygen atoms in total. The lowest BCUT2D eigenvalue weighted by atomic mass is 10.2. The third-order valence-electron chi connectivity index (χ3n) is 4.28. The number of guanidine groups is 1. The number of nitrogens with zero attached hydrogens (tertiary/aromatic N) is 4. The number of halogens is 1. The summed E-state index contributed by atoms with van der Waals surface area (Å²) in [6, 6.07) is 5.18. The molecule has 0 atom stereocenters. The van der Waals surface area contributed by atoms with Gasteiger partial charge in [0.25, 0.3) is 0 Å². The lowest BCUT2D eigenvalue weighted by molar-refractivity contribution is 0.614. The van der Waals surface area contributed by atoms with Gasteiger partial charge >= 0.3 is 0 Å². The molecule has 2 aromatic heterocycles. The minimum absolute atomic E-state index is 0.289. The van der Waals surface area contributed by atoms with E-state index >= 15 is 0 Å². The molecular formula is C20H25FN6S. The molecule has 8 heteroatoms. The topological polar surface area (TPSA) is 67.1 Å². The van der Waals surface area contributed by atoms with Crippen LogP contribution >= 0.6 is 11.3 Å². The Bertz CT molecular complexity index is 975. The van der Waals surface area contributed by atoms with Crippen LogP contribution in [0.25, 0.3) is 5.69 Å². The highest BCUT2D eigenvalue weighted by Crippen LogP contribution is 2.18. The average Bonchev–Trinajstić information content (AvgIpc) is 3.22. The van der Waals surface area contributed by atoms with Crippen molar-refractivity contribution in [3.8, 4) is 5.69 Å². The van der Waals surface area contributed by atoms with E-state index in [4.69, 9.17) is 0 Å². The Balaban J connectivity index is 1.69. The van der Waals surface area contributed by atoms with Crippen molar-refractivity contribution in [1.82, 2.24) is 25.2 Å². The van der Waals surface area contributed by atoms with Gasteiger partial charge in [0.15, 0.2) is 5.96 Å². The predicted octanol–water partition coefficient (Wildman–Crippen LogP) is 3.65. The maximum absolute atomic E-state index is 14.5. The van der Waals surface area contributed by atoms with Crippen LogP contribution in [-0.2, 0) is 13.1 Å². The first-order valence-corrected chi connectivity index (χ1v) is 10.0. The normalized spacial score (nSPS) is 11.7. The molecule has 0 spiro atoms. The van der Waals surface area contributed by atoms with Gasteiger partial charge in [-0.1, -0.05) is 6.07 Å². The fraction of sp³-hybridized carbons (Fsp3) is 0.350. The van der Waals surface area contributed by atoms with Crippen LogP contribution in [0.1, 0.15) is 33.9 Å². The summed E-state index contributed by atoms with van der Waals surface area (Å²) in [6.07, 6.45) is 3.41. The molecule has 0 unspecified atom stereocenters. The van der Waals surface area contributed by atoms with Crippen molar-refractivity contribution in [1.29, 1.82) is 0 Å². The van der Waals surface area contributed by atoms with E-state index in [2.05, 4.69) is 25.6 Å². The zero-order valence-corrected chi connectivity index (χ0v) is 17.4. The maximum atomic E-state index is 14.5. The second kappa shape index (κ2) is 8.97. The molecule has 2 N–H and O–H groups in total. The third-order valence-corrected chi connectivity index (χ3v) is 5.35. The SMILES string of the molecule is CCNC(=NCc1ccc(-n2ccnc2C)c(F)c1)NCc1sc(C)nc1C. The fourth-order valence-corrected chi connectivity index (χ4v) is 3.77. The smallest absolute Gasteiger partial charge is 0.191 e. The maximum Gasteiger partial charge on any atom is 0.191 e. The summed E-state index contributed by atoms with van der Waals surface area (Å²) in [7, 11) is 0. The first-order valence-electron chi connectivity index (χ1n) is 9.21. The van der Waals surface area contributed by atoms with E-state index < -0.39 is 0 Å². The molecule has 148 valence electrons. The second-order valence-electron chi connectivity index (χ2n) is 6.42. The number of aromatic nitrogens is 3. The zero-order chi connectivity index (χ0) is 20.1. The standard InChI is InChI=1S/C20H25FN6S/c1-5-22-20(25-12-19-13(2)26-15(4)28-19)24-11-16-6-7-18(17(21)10-16)27-9-8-23-14(27)3/h6-10H,5,11-12H2,1-4H3,(H2,22,24,25). The summed E-state index contributed by atoms with van der Waals surface area (Å²) >= 11 is 1.68. The van der Waals surface area contributed by atoms with Crippen molar-refractivity contribution in [3.05, 3.63) is 63.4 Å². The molecule has 0 saturated heterocycles. The van der Waals surface area contributed by atoms with Gasteiger partial charge in [0.1, 0.15) is 11.6 Å². The van der Waals surface area contributed by atoms with Gasteiger partial charge in [0.05, 0.1) is 29.5 Å². The summed E-state index contributed by atoms with van der Waals surface area (Å²) in [6.45, 7) is 9.67. The molecule has 3 aromatic rings. The number of rotatable bonds is 6. The molecule has 0 amide bonds. The molecule has 28 heavy (non-hydrogen) atoms. The molecular weight excluding hydrogens is 375 g/mol. The second-order valence-corrected chi connectivity index (χ2v) is 7.71. The molecule has 0 saturated carbocycles. The average molecular weight is 401 g/mol. The summed E-state index contributed by atoms with van der Waals surface area (Å²) in [5.41, 5.74) is 2.34. The fourth-order valence-electron chi connectivity index (χ4n) is 2.89. The Morgan fingerprint density at radius 3 is 2.68 bits per heavy atom. The van der Waals surface area contributed by atoms with E-state index in [0.29, 0.717) is 24.7 Å². The van der Waals surface area contributed by atoms with E-state index in [1.165, 1.54) is 10.9 Å². The van der Waals surface area contributed by atoms with Crippen LogP contribution in [0.3, 0.4) is 0 Å². The number of hydrogen-bond acceptors (Lipinski definition) is 4. The van der Waals surface area contributed by atoms with Gasteiger partial charge in [-0.25, -0.2) is 19.4 Å². The first-order chi connectivity index (χ1) is 13.5. The van der Waals surface area contributed by atoms with Crippen LogP contribution in [0.2, 0.25) is 0 Å². The van der Waals surface area contributed by atoms with Crippen LogP contribution in [-0.4, -0.2) is 27.0 Å². The van der Waals surface area contributed by atoms with Gasteiger partial charge in [0.2, 0.25) is 0 Å². The first kappa shape index (κ1) is 20.0. The number of aliphatic imine (C=N–C) groups is 1. The minimum atomic E-state index is -0.289. The number of benzene rings is 1. The summed E-state index contributed by atoms with van der Waals surface area (Å²) in [5, 5.41) is 7.60. The molecule has 0 aliphatic carbocycles. The number of hydrogen-bond donors (Lipinski definition) is 2. The highest BCUT2D eigenvalue weighted by Gasteiger charge is 2.09. The van der Waals surface area contributed by atoms with Crippen molar-refractivity contribution in [2.75, 3.05) is 6.54 Å². The van der Waals surface area contributed by atoms with Crippen LogP contribution in [0.5, 0.6) is 0 Å². The van der Waals surface area contributed by atoms with Crippen molar-refractivity contribution in [2.45, 2.75) is 40.8 Å². The van der Waals surface area contributed by atoms with E-state index in [9.17, 15) is 4.39 Å². The Labute approximate surface area is 168 Å². The minimum Gasteiger partial charge on any atom is -0.357 e. The van der Waals surface area contributed by atoms with Gasteiger partial charge in [-0.3, -0.25) is 0 Å². The molecule has 0 bridgehead atoms. The molecule has 1 aromatic carbocycles. The molecule has 0 aliphatic rings. The summed E-state index contributed by atoms with van der Waals surface area (Å²) in [5.74, 6) is 1.15. The Morgan fingerprint density at radius 2 is 2.07 bits per heavy atom. The van der Waals surface area contributed by atoms with Crippen molar-refractivity contribution in [2.24, 2.45) is 4.99 Å². The zero-order valence-electron chi connectivity index (χ0n) is 16.6. The van der Waals surface area contributed by atoms with E-state index in [1.807, 2.05) is 33.8 Å². The molecule has 0 aliphatic heterocycles. The van der Waals surface area contributed by atoms with Crippen LogP contribution in [0.15, 0.2) is 35.6 Å². The van der Waals surface area contributed by atoms with Crippen molar-refractivity contribution in [3.63, 3.8) is 0 Å². The van der Waals surface area contributed by atoms with Crippen LogP contribution in [0.4, 0.5) is 4.39 Å². The van der Waals surface area contributed by atoms with Gasteiger partial charge in [-0.15, -0.1) is 11.3 Å². The van der Waals surface area contributed by atoms with Gasteiger partial charge in [0, 0.05) is 23.8 Å². The van der Waals surface area contributed by atoms with E-state index in [0.717, 1.165) is 28.6 Å². The van der Waals surface area contributed by atoms with Crippen molar-refractivity contribution >= 4 is 17.3 Å². The van der Waals surface area contributed by atoms with Gasteiger partial charge < -0.3 is 15.2 Å². The van der Waals surface area contributed by atoms with E-state index in [1.54, 1.807) is 34.4 Å². The van der Waals surface area contributed by atoms with Gasteiger partial charge in [-0.2, -0.15) is 0 Å². The number of imidazole rings is 1. The Kier molecular flexibility index (Phi) is 6.41. The Morgan fingerprint density at radius 1 is 1.25 bits per heavy atom. The van der Waals surface area contributed by atoms with Crippen LogP contribution in [0, 0.1) is 26.6 Å². The highest BCUT2D eigenvalue weighted by atomic mass is 32.1. The van der Waals surface area contributed by atoms with E-state index in [-0.39, 0.29) is 5.82 Å². The monoisotopic (exact) mass is 400 g/mol. The van der Waals surface area contributed by atoms with Crippen molar-refractivity contribution < 1.29 is 4.39 Å². The number of aryl methyl sites for hydroxylation is 3. The lowest BCUT2D eigenvalue weighted by Gasteiger charge is -2.11. The molecule has 0 fully saturated rings. The molecule has 3 rings (SSSR count). The lowest BCUT2D eigenvalue weighted by Crippen LogP contribution is -2.36. The highest BCUT2D eigenvalue weighted by molar-refractivity contribution is 7.11. The molecule has 2 heterocycles. The summed E-state index contributed by atoms with van der Waals surface area (Å²) in [4.78, 5) is 14.4. The number of nitrogens with one attached hydrogen (secondary N) is 2. The quantitative estimate of drug-likeness (QED) is 0.490. The largest absolute Gasteiger partial charge is 0.357 e.